The van der Waals surface area contributed by atoms with Gasteiger partial charge < -0.3 is 10.0 Å². The number of benzene rings is 1. The molecule has 3 atom stereocenters. The zero-order valence-electron chi connectivity index (χ0n) is 11.4. The lowest BCUT2D eigenvalue weighted by Gasteiger charge is -2.40. The van der Waals surface area contributed by atoms with E-state index < -0.39 is 6.10 Å². The molecular weight excluding hydrogens is 229 g/mol. The topological polar surface area (TPSA) is 23.5 Å². The average molecular weight is 251 g/mol. The summed E-state index contributed by atoms with van der Waals surface area (Å²) in [7, 11) is 0. The van der Waals surface area contributed by atoms with Gasteiger partial charge in [0, 0.05) is 18.2 Å². The third kappa shape index (κ3) is 2.51. The Kier molecular flexibility index (Phi) is 3.91. The van der Waals surface area contributed by atoms with Gasteiger partial charge in [0.15, 0.2) is 0 Å². The van der Waals surface area contributed by atoms with Crippen molar-refractivity contribution in [2.45, 2.75) is 45.8 Å². The molecule has 1 N–H and O–H groups in total. The van der Waals surface area contributed by atoms with Crippen molar-refractivity contribution in [2.24, 2.45) is 5.92 Å². The van der Waals surface area contributed by atoms with Gasteiger partial charge in [-0.15, -0.1) is 0 Å². The highest BCUT2D eigenvalue weighted by Crippen LogP contribution is 2.34. The minimum absolute atomic E-state index is 0.227. The van der Waals surface area contributed by atoms with Crippen LogP contribution in [0.3, 0.4) is 0 Å². The van der Waals surface area contributed by atoms with Crippen LogP contribution in [0.5, 0.6) is 0 Å². The quantitative estimate of drug-likeness (QED) is 0.869. The molecule has 1 aromatic rings. The predicted molar refractivity (Wildman–Crippen MR) is 72.2 cm³/mol. The molecule has 100 valence electrons. The highest BCUT2D eigenvalue weighted by Gasteiger charge is 2.27. The fraction of sp³-hybridized carbons (Fsp3) is 0.600. The summed E-state index contributed by atoms with van der Waals surface area (Å²) in [5.74, 6) is 0.344. The molecule has 2 nitrogen and oxygen atoms in total. The number of aliphatic hydroxyl groups excluding tert-OH is 1. The minimum Gasteiger partial charge on any atom is -0.389 e. The average Bonchev–Trinajstić information content (AvgIpc) is 2.32. The van der Waals surface area contributed by atoms with Crippen LogP contribution in [0.2, 0.25) is 0 Å². The van der Waals surface area contributed by atoms with Gasteiger partial charge in [-0.05, 0) is 38.7 Å². The van der Waals surface area contributed by atoms with E-state index in [1.54, 1.807) is 13.0 Å². The van der Waals surface area contributed by atoms with Gasteiger partial charge in [-0.3, -0.25) is 0 Å². The van der Waals surface area contributed by atoms with Crippen LogP contribution < -0.4 is 4.90 Å². The first-order valence-corrected chi connectivity index (χ1v) is 6.73. The van der Waals surface area contributed by atoms with Crippen molar-refractivity contribution in [1.29, 1.82) is 0 Å². The summed E-state index contributed by atoms with van der Waals surface area (Å²) in [6, 6.07) is 5.29. The van der Waals surface area contributed by atoms with E-state index in [2.05, 4.69) is 18.7 Å². The summed E-state index contributed by atoms with van der Waals surface area (Å²) in [6.45, 7) is 6.88. The number of para-hydroxylation sites is 1. The normalized spacial score (nSPS) is 26.2. The number of halogens is 1. The number of aliphatic hydroxyl groups is 1. The molecular formula is C15H22FNO. The molecule has 2 unspecified atom stereocenters. The summed E-state index contributed by atoms with van der Waals surface area (Å²) in [4.78, 5) is 2.12. The van der Waals surface area contributed by atoms with Crippen LogP contribution in [-0.4, -0.2) is 17.7 Å². The van der Waals surface area contributed by atoms with Crippen LogP contribution in [0.4, 0.5) is 10.1 Å². The lowest BCUT2D eigenvalue weighted by atomic mass is 9.93. The first kappa shape index (κ1) is 13.3. The van der Waals surface area contributed by atoms with Gasteiger partial charge in [-0.25, -0.2) is 4.39 Å². The lowest BCUT2D eigenvalue weighted by molar-refractivity contribution is 0.198. The number of hydrogen-bond acceptors (Lipinski definition) is 2. The number of rotatable bonds is 2. The Hall–Kier alpha value is -1.09. The number of nitrogens with zero attached hydrogens (tertiary/aromatic N) is 1. The van der Waals surface area contributed by atoms with Gasteiger partial charge in [0.25, 0.3) is 0 Å². The summed E-state index contributed by atoms with van der Waals surface area (Å²) in [6.07, 6.45) is 1.63. The molecule has 1 aliphatic heterocycles. The number of anilines is 1. The molecule has 0 aliphatic carbocycles. The standard InChI is InChI=1S/C15H22FNO/c1-10-7-8-11(2)17(9-10)15-13(12(3)18)5-4-6-14(15)16/h4-6,10-12,18H,7-9H2,1-3H3/t10?,11?,12-/m0/s1. The van der Waals surface area contributed by atoms with Crippen LogP contribution in [0, 0.1) is 11.7 Å². The third-order valence-corrected chi connectivity index (χ3v) is 3.87. The smallest absolute Gasteiger partial charge is 0.146 e. The first-order chi connectivity index (χ1) is 8.50. The van der Waals surface area contributed by atoms with Crippen molar-refractivity contribution in [3.63, 3.8) is 0 Å². The molecule has 1 heterocycles. The first-order valence-electron chi connectivity index (χ1n) is 6.73. The minimum atomic E-state index is -0.639. The van der Waals surface area contributed by atoms with Crippen molar-refractivity contribution in [1.82, 2.24) is 0 Å². The Morgan fingerprint density at radius 1 is 1.33 bits per heavy atom. The maximum absolute atomic E-state index is 14.1. The molecule has 0 amide bonds. The van der Waals surface area contributed by atoms with E-state index in [4.69, 9.17) is 0 Å². The number of hydrogen-bond donors (Lipinski definition) is 1. The highest BCUT2D eigenvalue weighted by molar-refractivity contribution is 5.56. The van der Waals surface area contributed by atoms with E-state index >= 15 is 0 Å². The Morgan fingerprint density at radius 2 is 2.06 bits per heavy atom. The Bertz CT molecular complexity index is 419. The van der Waals surface area contributed by atoms with Gasteiger partial charge >= 0.3 is 0 Å². The molecule has 1 fully saturated rings. The van der Waals surface area contributed by atoms with Crippen molar-refractivity contribution >= 4 is 5.69 Å². The summed E-state index contributed by atoms with van der Waals surface area (Å²) < 4.78 is 14.1. The fourth-order valence-electron chi connectivity index (χ4n) is 2.77. The zero-order valence-corrected chi connectivity index (χ0v) is 11.4. The van der Waals surface area contributed by atoms with Crippen molar-refractivity contribution < 1.29 is 9.50 Å². The lowest BCUT2D eigenvalue weighted by Crippen LogP contribution is -2.42. The molecule has 0 bridgehead atoms. The monoisotopic (exact) mass is 251 g/mol. The van der Waals surface area contributed by atoms with E-state index in [0.717, 1.165) is 13.0 Å². The molecule has 0 spiro atoms. The summed E-state index contributed by atoms with van der Waals surface area (Å²) in [5.41, 5.74) is 1.28. The third-order valence-electron chi connectivity index (χ3n) is 3.87. The number of piperidine rings is 1. The summed E-state index contributed by atoms with van der Waals surface area (Å²) in [5, 5.41) is 9.82. The van der Waals surface area contributed by atoms with Crippen molar-refractivity contribution in [2.75, 3.05) is 11.4 Å². The highest BCUT2D eigenvalue weighted by atomic mass is 19.1. The van der Waals surface area contributed by atoms with E-state index in [-0.39, 0.29) is 5.82 Å². The van der Waals surface area contributed by atoms with Gasteiger partial charge in [0.05, 0.1) is 11.8 Å². The van der Waals surface area contributed by atoms with Crippen molar-refractivity contribution in [3.05, 3.63) is 29.6 Å². The molecule has 1 saturated heterocycles. The second kappa shape index (κ2) is 5.27. The Morgan fingerprint density at radius 3 is 2.72 bits per heavy atom. The largest absolute Gasteiger partial charge is 0.389 e. The van der Waals surface area contributed by atoms with Crippen molar-refractivity contribution in [3.8, 4) is 0 Å². The van der Waals surface area contributed by atoms with Crippen LogP contribution in [0.25, 0.3) is 0 Å². The second-order valence-electron chi connectivity index (χ2n) is 5.54. The van der Waals surface area contributed by atoms with E-state index in [1.807, 2.05) is 6.07 Å². The van der Waals surface area contributed by atoms with Crippen LogP contribution in [0.15, 0.2) is 18.2 Å². The van der Waals surface area contributed by atoms with Crippen LogP contribution in [0.1, 0.15) is 45.3 Å². The Balaban J connectivity index is 2.42. The van der Waals surface area contributed by atoms with E-state index in [1.165, 1.54) is 12.5 Å². The van der Waals surface area contributed by atoms with Crippen LogP contribution >= 0.6 is 0 Å². The van der Waals surface area contributed by atoms with E-state index in [9.17, 15) is 9.50 Å². The van der Waals surface area contributed by atoms with Gasteiger partial charge in [-0.1, -0.05) is 19.1 Å². The predicted octanol–water partition coefficient (Wildman–Crippen LogP) is 3.50. The van der Waals surface area contributed by atoms with Crippen LogP contribution in [-0.2, 0) is 0 Å². The van der Waals surface area contributed by atoms with E-state index in [0.29, 0.717) is 23.2 Å². The Labute approximate surface area is 108 Å². The SMILES string of the molecule is CC1CCC(C)N(c2c(F)cccc2[C@H](C)O)C1. The molecule has 1 aliphatic rings. The molecule has 18 heavy (non-hydrogen) atoms. The fourth-order valence-corrected chi connectivity index (χ4v) is 2.77. The maximum Gasteiger partial charge on any atom is 0.146 e. The maximum atomic E-state index is 14.1. The van der Waals surface area contributed by atoms with Gasteiger partial charge in [0.1, 0.15) is 5.82 Å². The molecule has 2 rings (SSSR count). The van der Waals surface area contributed by atoms with Gasteiger partial charge in [-0.2, -0.15) is 0 Å². The molecule has 0 radical (unpaired) electrons. The summed E-state index contributed by atoms with van der Waals surface area (Å²) >= 11 is 0. The molecule has 0 saturated carbocycles. The molecule has 3 heteroatoms. The molecule has 1 aromatic carbocycles. The zero-order chi connectivity index (χ0) is 13.3. The molecule has 0 aromatic heterocycles. The second-order valence-corrected chi connectivity index (χ2v) is 5.54. The van der Waals surface area contributed by atoms with Gasteiger partial charge in [0.2, 0.25) is 0 Å².